The molecular formula is C31H38N6O2. The molecule has 8 nitrogen and oxygen atoms in total. The van der Waals surface area contributed by atoms with Crippen LogP contribution in [0, 0.1) is 5.92 Å². The summed E-state index contributed by atoms with van der Waals surface area (Å²) in [6, 6.07) is 12.8. The van der Waals surface area contributed by atoms with Crippen molar-refractivity contribution in [1.29, 1.82) is 0 Å². The molecule has 2 amide bonds. The molecule has 39 heavy (non-hydrogen) atoms. The second kappa shape index (κ2) is 11.2. The fourth-order valence-electron chi connectivity index (χ4n) is 5.47. The van der Waals surface area contributed by atoms with Gasteiger partial charge in [-0.1, -0.05) is 23.8 Å². The summed E-state index contributed by atoms with van der Waals surface area (Å²) >= 11 is 0. The zero-order valence-electron chi connectivity index (χ0n) is 23.6. The van der Waals surface area contributed by atoms with Crippen LogP contribution < -0.4 is 5.32 Å². The lowest BCUT2D eigenvalue weighted by molar-refractivity contribution is -0.120. The number of carbonyl (C=O) groups excluding carboxylic acids is 2. The van der Waals surface area contributed by atoms with Crippen LogP contribution in [-0.2, 0) is 11.3 Å². The van der Waals surface area contributed by atoms with E-state index in [1.807, 2.05) is 30.7 Å². The minimum atomic E-state index is -0.444. The third kappa shape index (κ3) is 5.87. The van der Waals surface area contributed by atoms with Crippen molar-refractivity contribution in [3.8, 4) is 11.1 Å². The predicted octanol–water partition coefficient (Wildman–Crippen LogP) is 4.33. The Hall–Kier alpha value is -3.62. The van der Waals surface area contributed by atoms with Gasteiger partial charge in [-0.25, -0.2) is 4.99 Å². The van der Waals surface area contributed by atoms with Crippen LogP contribution in [0.2, 0.25) is 0 Å². The van der Waals surface area contributed by atoms with Crippen LogP contribution in [0.1, 0.15) is 49.7 Å². The standard InChI is InChI=1S/C31H38N6O2/c1-20(2)37-29-16-25(24-8-6-7-23(14-24)19-36-11-9-35(5)10-12-36)15-26(28(29)18-33-37)30(38)32-17-27-21(3)13-22(4)34-31(27)39/h6-8,13-16,18,20,27H,9-12,17,19H2,1-5H3,(H,32,38). The highest BCUT2D eigenvalue weighted by molar-refractivity contribution is 6.09. The minimum absolute atomic E-state index is 0.144. The van der Waals surface area contributed by atoms with Gasteiger partial charge in [-0.2, -0.15) is 5.10 Å². The molecule has 0 bridgehead atoms. The van der Waals surface area contributed by atoms with Crippen molar-refractivity contribution >= 4 is 28.4 Å². The largest absolute Gasteiger partial charge is 0.351 e. The first-order valence-corrected chi connectivity index (χ1v) is 13.8. The fraction of sp³-hybridized carbons (Fsp3) is 0.419. The van der Waals surface area contributed by atoms with E-state index in [2.05, 4.69) is 76.4 Å². The molecule has 3 heterocycles. The Balaban J connectivity index is 1.45. The van der Waals surface area contributed by atoms with Gasteiger partial charge in [-0.05, 0) is 75.7 Å². The average molecular weight is 527 g/mol. The van der Waals surface area contributed by atoms with Crippen molar-refractivity contribution in [2.24, 2.45) is 10.9 Å². The highest BCUT2D eigenvalue weighted by Gasteiger charge is 2.25. The Kier molecular flexibility index (Phi) is 7.77. The molecule has 5 rings (SSSR count). The summed E-state index contributed by atoms with van der Waals surface area (Å²) in [4.78, 5) is 35.0. The number of allylic oxidation sites excluding steroid dienone is 1. The van der Waals surface area contributed by atoms with Crippen LogP contribution in [0.5, 0.6) is 0 Å². The number of rotatable bonds is 7. The van der Waals surface area contributed by atoms with E-state index in [4.69, 9.17) is 0 Å². The van der Waals surface area contributed by atoms with E-state index in [1.54, 1.807) is 6.20 Å². The number of likely N-dealkylation sites (N-methyl/N-ethyl adjacent to an activating group) is 1. The number of nitrogens with zero attached hydrogens (tertiary/aromatic N) is 5. The van der Waals surface area contributed by atoms with Gasteiger partial charge >= 0.3 is 0 Å². The van der Waals surface area contributed by atoms with Crippen molar-refractivity contribution < 1.29 is 9.59 Å². The van der Waals surface area contributed by atoms with Crippen LogP contribution in [0.25, 0.3) is 22.0 Å². The molecule has 0 spiro atoms. The molecular weight excluding hydrogens is 488 g/mol. The highest BCUT2D eigenvalue weighted by atomic mass is 16.2. The van der Waals surface area contributed by atoms with Gasteiger partial charge in [0.1, 0.15) is 0 Å². The predicted molar refractivity (Wildman–Crippen MR) is 156 cm³/mol. The molecule has 1 fully saturated rings. The number of hydrogen-bond donors (Lipinski definition) is 1. The Morgan fingerprint density at radius 1 is 1.08 bits per heavy atom. The topological polar surface area (TPSA) is 82.8 Å². The molecule has 8 heteroatoms. The maximum Gasteiger partial charge on any atom is 0.254 e. The highest BCUT2D eigenvalue weighted by Crippen LogP contribution is 2.30. The Morgan fingerprint density at radius 3 is 2.56 bits per heavy atom. The van der Waals surface area contributed by atoms with Gasteiger partial charge in [0.2, 0.25) is 0 Å². The van der Waals surface area contributed by atoms with Gasteiger partial charge in [0.25, 0.3) is 11.8 Å². The second-order valence-corrected chi connectivity index (χ2v) is 11.2. The lowest BCUT2D eigenvalue weighted by Crippen LogP contribution is -2.43. The summed E-state index contributed by atoms with van der Waals surface area (Å²) in [5.41, 5.74) is 6.39. The number of fused-ring (bicyclic) bond motifs is 1. The Labute approximate surface area is 230 Å². The summed E-state index contributed by atoms with van der Waals surface area (Å²) in [6.45, 7) is 13.3. The molecule has 0 aliphatic carbocycles. The van der Waals surface area contributed by atoms with E-state index < -0.39 is 5.92 Å². The third-order valence-corrected chi connectivity index (χ3v) is 7.75. The van der Waals surface area contributed by atoms with Gasteiger partial charge < -0.3 is 10.2 Å². The molecule has 1 saturated heterocycles. The van der Waals surface area contributed by atoms with Crippen LogP contribution in [-0.4, -0.2) is 76.9 Å². The van der Waals surface area contributed by atoms with Gasteiger partial charge in [-0.3, -0.25) is 19.2 Å². The van der Waals surface area contributed by atoms with Crippen molar-refractivity contribution in [1.82, 2.24) is 24.9 Å². The quantitative estimate of drug-likeness (QED) is 0.496. The van der Waals surface area contributed by atoms with Crippen molar-refractivity contribution in [3.63, 3.8) is 0 Å². The van der Waals surface area contributed by atoms with Gasteiger partial charge in [-0.15, -0.1) is 0 Å². The number of hydrogen-bond acceptors (Lipinski definition) is 5. The van der Waals surface area contributed by atoms with E-state index in [0.29, 0.717) is 11.3 Å². The van der Waals surface area contributed by atoms with E-state index in [1.165, 1.54) is 5.56 Å². The average Bonchev–Trinajstić information content (AvgIpc) is 3.33. The van der Waals surface area contributed by atoms with Crippen molar-refractivity contribution in [2.45, 2.75) is 40.3 Å². The molecule has 1 aromatic heterocycles. The zero-order chi connectivity index (χ0) is 27.7. The molecule has 204 valence electrons. The summed E-state index contributed by atoms with van der Waals surface area (Å²) in [5, 5.41) is 8.41. The van der Waals surface area contributed by atoms with E-state index in [-0.39, 0.29) is 24.4 Å². The second-order valence-electron chi connectivity index (χ2n) is 11.2. The van der Waals surface area contributed by atoms with Gasteiger partial charge in [0.05, 0.1) is 23.2 Å². The number of aliphatic imine (C=N–C) groups is 1. The Morgan fingerprint density at radius 2 is 1.85 bits per heavy atom. The molecule has 2 aliphatic rings. The number of amides is 2. The third-order valence-electron chi connectivity index (χ3n) is 7.75. The van der Waals surface area contributed by atoms with E-state index in [9.17, 15) is 9.59 Å². The number of carbonyl (C=O) groups is 2. The fourth-order valence-corrected chi connectivity index (χ4v) is 5.47. The first-order chi connectivity index (χ1) is 18.7. The number of benzene rings is 2. The molecule has 2 aromatic carbocycles. The number of piperazine rings is 1. The van der Waals surface area contributed by atoms with E-state index >= 15 is 0 Å². The lowest BCUT2D eigenvalue weighted by atomic mass is 9.95. The van der Waals surface area contributed by atoms with Crippen LogP contribution in [0.15, 0.2) is 59.2 Å². The minimum Gasteiger partial charge on any atom is -0.351 e. The van der Waals surface area contributed by atoms with Crippen LogP contribution in [0.4, 0.5) is 0 Å². The maximum absolute atomic E-state index is 13.6. The maximum atomic E-state index is 13.6. The lowest BCUT2D eigenvalue weighted by Gasteiger charge is -2.32. The van der Waals surface area contributed by atoms with E-state index in [0.717, 1.165) is 60.3 Å². The normalized spacial score (nSPS) is 18.9. The molecule has 1 atom stereocenters. The van der Waals surface area contributed by atoms with Crippen LogP contribution in [0.3, 0.4) is 0 Å². The molecule has 1 N–H and O–H groups in total. The monoisotopic (exact) mass is 526 g/mol. The molecule has 2 aliphatic heterocycles. The smallest absolute Gasteiger partial charge is 0.254 e. The molecule has 3 aromatic rings. The molecule has 0 saturated carbocycles. The zero-order valence-corrected chi connectivity index (χ0v) is 23.6. The summed E-state index contributed by atoms with van der Waals surface area (Å²) < 4.78 is 1.96. The number of dihydropyridines is 1. The first kappa shape index (κ1) is 27.0. The number of aromatic nitrogens is 2. The number of nitrogens with one attached hydrogen (secondary N) is 1. The van der Waals surface area contributed by atoms with Gasteiger partial charge in [0.15, 0.2) is 0 Å². The van der Waals surface area contributed by atoms with Gasteiger partial charge in [0, 0.05) is 56.4 Å². The first-order valence-electron chi connectivity index (χ1n) is 13.8. The summed E-state index contributed by atoms with van der Waals surface area (Å²) in [5.74, 6) is -0.872. The Bertz CT molecular complexity index is 1460. The van der Waals surface area contributed by atoms with Crippen molar-refractivity contribution in [3.05, 3.63) is 65.4 Å². The summed E-state index contributed by atoms with van der Waals surface area (Å²) in [7, 11) is 2.17. The molecule has 1 unspecified atom stereocenters. The molecule has 0 radical (unpaired) electrons. The SMILES string of the molecule is CC1=CC(C)=NC(=O)C1CNC(=O)c1cc(-c2cccc(CN3CCN(C)CC3)c2)cc2c1cnn2C(C)C. The van der Waals surface area contributed by atoms with Crippen LogP contribution >= 0.6 is 0 Å². The summed E-state index contributed by atoms with van der Waals surface area (Å²) in [6.07, 6.45) is 3.67. The van der Waals surface area contributed by atoms with Crippen molar-refractivity contribution in [2.75, 3.05) is 39.8 Å².